The molecule has 3 rings (SSSR count). The van der Waals surface area contributed by atoms with Gasteiger partial charge >= 0.3 is 5.97 Å². The Kier molecular flexibility index (Phi) is 9.34. The predicted octanol–water partition coefficient (Wildman–Crippen LogP) is 4.61. The molecule has 1 saturated carbocycles. The Labute approximate surface area is 212 Å². The van der Waals surface area contributed by atoms with Crippen LogP contribution in [-0.2, 0) is 9.53 Å². The van der Waals surface area contributed by atoms with Crippen LogP contribution in [0.25, 0.3) is 10.9 Å². The highest BCUT2D eigenvalue weighted by Gasteiger charge is 2.26. The van der Waals surface area contributed by atoms with Gasteiger partial charge in [-0.25, -0.2) is 4.39 Å². The Hall–Kier alpha value is -3.10. The van der Waals surface area contributed by atoms with Crippen LogP contribution in [0.4, 0.5) is 15.8 Å². The minimum atomic E-state index is -0.691. The van der Waals surface area contributed by atoms with Crippen LogP contribution >= 0.6 is 0 Å². The number of anilines is 2. The minimum Gasteiger partial charge on any atom is -0.465 e. The molecule has 1 aliphatic carbocycles. The highest BCUT2D eigenvalue weighted by atomic mass is 19.1. The Morgan fingerprint density at radius 3 is 2.42 bits per heavy atom. The van der Waals surface area contributed by atoms with Crippen molar-refractivity contribution >= 4 is 34.2 Å². The van der Waals surface area contributed by atoms with Gasteiger partial charge in [-0.05, 0) is 38.7 Å². The molecule has 2 N–H and O–H groups in total. The standard InChI is InChI=1S/C27H39FN4O4/c1-6-18(7-2)32-16-19(27(35)29-15-22(33)36-8-3)26(34)23-21(32)14-20(24(28)25(23)31(4)5)30-17-12-10-9-11-13-17/h14,16-18,30H,6-13,15H2,1-5H3,(H,29,35). The van der Waals surface area contributed by atoms with Crippen molar-refractivity contribution in [3.8, 4) is 0 Å². The lowest BCUT2D eigenvalue weighted by atomic mass is 9.95. The molecular formula is C27H39FN4O4. The third kappa shape index (κ3) is 5.82. The summed E-state index contributed by atoms with van der Waals surface area (Å²) in [5, 5.41) is 6.02. The molecule has 1 heterocycles. The number of carbonyl (C=O) groups is 2. The molecule has 1 aromatic carbocycles. The number of hydrogen-bond acceptors (Lipinski definition) is 6. The Morgan fingerprint density at radius 2 is 1.83 bits per heavy atom. The van der Waals surface area contributed by atoms with Crippen molar-refractivity contribution in [2.75, 3.05) is 37.5 Å². The highest BCUT2D eigenvalue weighted by molar-refractivity contribution is 6.02. The van der Waals surface area contributed by atoms with Gasteiger partial charge in [-0.3, -0.25) is 14.4 Å². The molecule has 2 aromatic rings. The maximum atomic E-state index is 15.9. The van der Waals surface area contributed by atoms with Gasteiger partial charge in [0.15, 0.2) is 5.82 Å². The Balaban J connectivity index is 2.22. The van der Waals surface area contributed by atoms with Gasteiger partial charge in [-0.1, -0.05) is 33.1 Å². The average molecular weight is 503 g/mol. The van der Waals surface area contributed by atoms with Gasteiger partial charge in [-0.2, -0.15) is 0 Å². The molecule has 198 valence electrons. The number of benzene rings is 1. The fourth-order valence-electron chi connectivity index (χ4n) is 5.06. The van der Waals surface area contributed by atoms with Gasteiger partial charge in [0.1, 0.15) is 12.1 Å². The molecule has 8 nitrogen and oxygen atoms in total. The number of amides is 1. The monoisotopic (exact) mass is 502 g/mol. The second kappa shape index (κ2) is 12.2. The summed E-state index contributed by atoms with van der Waals surface area (Å²) in [6.07, 6.45) is 8.44. The van der Waals surface area contributed by atoms with Crippen molar-refractivity contribution in [1.29, 1.82) is 0 Å². The number of rotatable bonds is 10. The van der Waals surface area contributed by atoms with E-state index in [0.717, 1.165) is 38.5 Å². The zero-order chi connectivity index (χ0) is 26.4. The first-order valence-corrected chi connectivity index (χ1v) is 13.0. The van der Waals surface area contributed by atoms with E-state index < -0.39 is 23.1 Å². The normalized spacial score (nSPS) is 14.2. The van der Waals surface area contributed by atoms with E-state index in [1.807, 2.05) is 18.4 Å². The van der Waals surface area contributed by atoms with Gasteiger partial charge in [0.2, 0.25) is 5.43 Å². The van der Waals surface area contributed by atoms with Crippen LogP contribution in [0.3, 0.4) is 0 Å². The number of pyridine rings is 1. The second-order valence-electron chi connectivity index (χ2n) is 9.59. The van der Waals surface area contributed by atoms with E-state index in [4.69, 9.17) is 4.74 Å². The van der Waals surface area contributed by atoms with Crippen molar-refractivity contribution in [1.82, 2.24) is 9.88 Å². The lowest BCUT2D eigenvalue weighted by Gasteiger charge is -2.28. The highest BCUT2D eigenvalue weighted by Crippen LogP contribution is 2.36. The summed E-state index contributed by atoms with van der Waals surface area (Å²) in [5.74, 6) is -1.79. The number of fused-ring (bicyclic) bond motifs is 1. The van der Waals surface area contributed by atoms with Crippen LogP contribution < -0.4 is 21.0 Å². The first-order chi connectivity index (χ1) is 17.2. The third-order valence-electron chi connectivity index (χ3n) is 6.93. The molecule has 0 saturated heterocycles. The largest absolute Gasteiger partial charge is 0.465 e. The van der Waals surface area contributed by atoms with Crippen LogP contribution in [-0.4, -0.2) is 49.7 Å². The van der Waals surface area contributed by atoms with E-state index in [-0.39, 0.29) is 41.9 Å². The Bertz CT molecular complexity index is 1150. The van der Waals surface area contributed by atoms with Gasteiger partial charge < -0.3 is 24.8 Å². The van der Waals surface area contributed by atoms with Crippen molar-refractivity contribution in [3.63, 3.8) is 0 Å². The maximum Gasteiger partial charge on any atom is 0.325 e. The quantitative estimate of drug-likeness (QED) is 0.461. The number of esters is 1. The molecule has 1 aliphatic rings. The zero-order valence-corrected chi connectivity index (χ0v) is 22.1. The van der Waals surface area contributed by atoms with E-state index in [9.17, 15) is 14.4 Å². The number of nitrogens with zero attached hydrogens (tertiary/aromatic N) is 2. The SMILES string of the molecule is CCOC(=O)CNC(=O)c1cn(C(CC)CC)c2cc(NC3CCCCC3)c(F)c(N(C)C)c2c1=O. The molecule has 0 atom stereocenters. The van der Waals surface area contributed by atoms with E-state index in [1.54, 1.807) is 38.2 Å². The van der Waals surface area contributed by atoms with Crippen molar-refractivity contribution in [3.05, 3.63) is 33.9 Å². The Morgan fingerprint density at radius 1 is 1.17 bits per heavy atom. The van der Waals surface area contributed by atoms with Crippen LogP contribution in [0, 0.1) is 5.82 Å². The van der Waals surface area contributed by atoms with E-state index in [1.165, 1.54) is 6.42 Å². The van der Waals surface area contributed by atoms with Crippen LogP contribution in [0.15, 0.2) is 17.1 Å². The number of hydrogen-bond donors (Lipinski definition) is 2. The van der Waals surface area contributed by atoms with Gasteiger partial charge in [0.25, 0.3) is 5.91 Å². The summed E-state index contributed by atoms with van der Waals surface area (Å²) < 4.78 is 22.7. The third-order valence-corrected chi connectivity index (χ3v) is 6.93. The summed E-state index contributed by atoms with van der Waals surface area (Å²) >= 11 is 0. The first-order valence-electron chi connectivity index (χ1n) is 13.0. The molecule has 9 heteroatoms. The van der Waals surface area contributed by atoms with Crippen molar-refractivity contribution in [2.24, 2.45) is 0 Å². The summed E-state index contributed by atoms with van der Waals surface area (Å²) in [7, 11) is 3.38. The molecule has 0 unspecified atom stereocenters. The topological polar surface area (TPSA) is 92.7 Å². The second-order valence-corrected chi connectivity index (χ2v) is 9.59. The molecule has 0 spiro atoms. The minimum absolute atomic E-state index is 0.00675. The van der Waals surface area contributed by atoms with Crippen LogP contribution in [0.1, 0.15) is 82.1 Å². The van der Waals surface area contributed by atoms with Gasteiger partial charge in [0.05, 0.1) is 28.9 Å². The molecule has 0 aliphatic heterocycles. The maximum absolute atomic E-state index is 15.9. The van der Waals surface area contributed by atoms with Crippen molar-refractivity contribution in [2.45, 2.75) is 77.8 Å². The molecule has 0 radical (unpaired) electrons. The molecule has 1 fully saturated rings. The molecule has 1 aromatic heterocycles. The number of ether oxygens (including phenoxy) is 1. The van der Waals surface area contributed by atoms with Gasteiger partial charge in [0, 0.05) is 32.4 Å². The molecule has 0 bridgehead atoms. The summed E-state index contributed by atoms with van der Waals surface area (Å²) in [4.78, 5) is 40.0. The lowest BCUT2D eigenvalue weighted by molar-refractivity contribution is -0.141. The molecular weight excluding hydrogens is 463 g/mol. The summed E-state index contributed by atoms with van der Waals surface area (Å²) in [6.45, 7) is 5.58. The number of nitrogens with one attached hydrogen (secondary N) is 2. The number of carbonyl (C=O) groups excluding carboxylic acids is 2. The zero-order valence-electron chi connectivity index (χ0n) is 22.1. The summed E-state index contributed by atoms with van der Waals surface area (Å²) in [6, 6.07) is 1.89. The molecule has 1 amide bonds. The van der Waals surface area contributed by atoms with Crippen molar-refractivity contribution < 1.29 is 18.7 Å². The smallest absolute Gasteiger partial charge is 0.325 e. The fraction of sp³-hybridized carbons (Fsp3) is 0.593. The van der Waals surface area contributed by atoms with Crippen LogP contribution in [0.2, 0.25) is 0 Å². The molecule has 36 heavy (non-hydrogen) atoms. The van der Waals surface area contributed by atoms with E-state index >= 15 is 4.39 Å². The fourth-order valence-corrected chi connectivity index (χ4v) is 5.06. The first kappa shape index (κ1) is 27.5. The summed E-state index contributed by atoms with van der Waals surface area (Å²) in [5.41, 5.74) is 0.404. The van der Waals surface area contributed by atoms with E-state index in [0.29, 0.717) is 11.2 Å². The van der Waals surface area contributed by atoms with Crippen LogP contribution in [0.5, 0.6) is 0 Å². The number of aromatic nitrogens is 1. The lowest BCUT2D eigenvalue weighted by Crippen LogP contribution is -2.35. The average Bonchev–Trinajstić information content (AvgIpc) is 2.86. The van der Waals surface area contributed by atoms with Gasteiger partial charge in [-0.15, -0.1) is 0 Å². The predicted molar refractivity (Wildman–Crippen MR) is 142 cm³/mol. The number of halogens is 1. The van der Waals surface area contributed by atoms with E-state index in [2.05, 4.69) is 10.6 Å².